The van der Waals surface area contributed by atoms with Crippen molar-refractivity contribution in [1.82, 2.24) is 0 Å². The molecule has 0 aliphatic rings. The van der Waals surface area contributed by atoms with Crippen LogP contribution in [0, 0.1) is 0 Å². The highest BCUT2D eigenvalue weighted by Gasteiger charge is 2.00. The number of hydrogen-bond acceptors (Lipinski definition) is 3. The second-order valence-electron chi connectivity index (χ2n) is 4.76. The lowest BCUT2D eigenvalue weighted by Crippen LogP contribution is -2.21. The van der Waals surface area contributed by atoms with Gasteiger partial charge >= 0.3 is 0 Å². The molecule has 0 spiro atoms. The summed E-state index contributed by atoms with van der Waals surface area (Å²) in [6.45, 7) is 6.31. The number of nitrogens with zero attached hydrogens (tertiary/aromatic N) is 2. The standard InChI is InChI=1S/C17H19Cl2N3/c1-3-22(4-2)15-8-5-13(6-9-15)12-20-21-14-7-10-16(18)17(19)11-14/h5-12,21H,3-4H2,1-2H3. The van der Waals surface area contributed by atoms with Crippen LogP contribution in [0.5, 0.6) is 0 Å². The van der Waals surface area contributed by atoms with Gasteiger partial charge in [0.2, 0.25) is 0 Å². The van der Waals surface area contributed by atoms with Gasteiger partial charge in [-0.25, -0.2) is 0 Å². The first-order valence-corrected chi connectivity index (χ1v) is 7.98. The minimum atomic E-state index is 0.505. The summed E-state index contributed by atoms with van der Waals surface area (Å²) in [6, 6.07) is 13.6. The highest BCUT2D eigenvalue weighted by molar-refractivity contribution is 6.42. The van der Waals surface area contributed by atoms with Crippen molar-refractivity contribution in [2.75, 3.05) is 23.4 Å². The molecule has 5 heteroatoms. The van der Waals surface area contributed by atoms with Crippen LogP contribution in [0.3, 0.4) is 0 Å². The summed E-state index contributed by atoms with van der Waals surface area (Å²) in [5, 5.41) is 5.24. The summed E-state index contributed by atoms with van der Waals surface area (Å²) in [7, 11) is 0. The van der Waals surface area contributed by atoms with Crippen molar-refractivity contribution >= 4 is 40.8 Å². The third kappa shape index (κ3) is 4.39. The number of halogens is 2. The molecule has 2 rings (SSSR count). The summed E-state index contributed by atoms with van der Waals surface area (Å²) in [5.41, 5.74) is 5.99. The zero-order chi connectivity index (χ0) is 15.9. The Morgan fingerprint density at radius 1 is 1.00 bits per heavy atom. The number of benzene rings is 2. The smallest absolute Gasteiger partial charge is 0.0613 e. The molecule has 0 radical (unpaired) electrons. The first-order chi connectivity index (χ1) is 10.6. The molecule has 0 saturated heterocycles. The summed E-state index contributed by atoms with van der Waals surface area (Å²) >= 11 is 11.8. The number of anilines is 2. The average molecular weight is 336 g/mol. The molecule has 116 valence electrons. The van der Waals surface area contributed by atoms with Crippen LogP contribution in [-0.2, 0) is 0 Å². The highest BCUT2D eigenvalue weighted by Crippen LogP contribution is 2.24. The van der Waals surface area contributed by atoms with Crippen LogP contribution in [-0.4, -0.2) is 19.3 Å². The molecule has 0 saturated carbocycles. The van der Waals surface area contributed by atoms with Gasteiger partial charge in [-0.1, -0.05) is 35.3 Å². The number of rotatable bonds is 6. The lowest BCUT2D eigenvalue weighted by atomic mass is 10.2. The molecule has 0 aliphatic heterocycles. The van der Waals surface area contributed by atoms with E-state index in [4.69, 9.17) is 23.2 Å². The fraction of sp³-hybridized carbons (Fsp3) is 0.235. The number of hydrogen-bond donors (Lipinski definition) is 1. The molecule has 0 heterocycles. The molecule has 1 N–H and O–H groups in total. The minimum Gasteiger partial charge on any atom is -0.372 e. The number of hydrazone groups is 1. The Morgan fingerprint density at radius 3 is 2.27 bits per heavy atom. The Bertz CT molecular complexity index is 635. The molecule has 0 atom stereocenters. The van der Waals surface area contributed by atoms with Crippen molar-refractivity contribution in [3.8, 4) is 0 Å². The molecule has 0 amide bonds. The molecule has 3 nitrogen and oxygen atoms in total. The Kier molecular flexibility index (Phi) is 6.10. The van der Waals surface area contributed by atoms with Gasteiger partial charge in [0, 0.05) is 18.8 Å². The fourth-order valence-corrected chi connectivity index (χ4v) is 2.41. The summed E-state index contributed by atoms with van der Waals surface area (Å²) in [6.07, 6.45) is 1.77. The predicted octanol–water partition coefficient (Wildman–Crippen LogP) is 5.29. The van der Waals surface area contributed by atoms with E-state index in [0.717, 1.165) is 24.3 Å². The summed E-state index contributed by atoms with van der Waals surface area (Å²) < 4.78 is 0. The molecule has 2 aromatic carbocycles. The lowest BCUT2D eigenvalue weighted by Gasteiger charge is -2.20. The molecular weight excluding hydrogens is 317 g/mol. The van der Waals surface area contributed by atoms with Crippen LogP contribution in [0.4, 0.5) is 11.4 Å². The maximum atomic E-state index is 5.96. The predicted molar refractivity (Wildman–Crippen MR) is 97.7 cm³/mol. The van der Waals surface area contributed by atoms with E-state index in [2.05, 4.69) is 41.4 Å². The van der Waals surface area contributed by atoms with Crippen molar-refractivity contribution in [1.29, 1.82) is 0 Å². The zero-order valence-electron chi connectivity index (χ0n) is 12.7. The van der Waals surface area contributed by atoms with Gasteiger partial charge in [0.15, 0.2) is 0 Å². The van der Waals surface area contributed by atoms with Crippen LogP contribution in [0.25, 0.3) is 0 Å². The molecule has 0 fully saturated rings. The van der Waals surface area contributed by atoms with E-state index in [1.165, 1.54) is 5.69 Å². The normalized spacial score (nSPS) is 10.9. The second-order valence-corrected chi connectivity index (χ2v) is 5.58. The van der Waals surface area contributed by atoms with E-state index in [9.17, 15) is 0 Å². The Hall–Kier alpha value is -1.71. The van der Waals surface area contributed by atoms with E-state index >= 15 is 0 Å². The maximum Gasteiger partial charge on any atom is 0.0613 e. The molecular formula is C17H19Cl2N3. The SMILES string of the molecule is CCN(CC)c1ccc(C=NNc2ccc(Cl)c(Cl)c2)cc1. The first kappa shape index (κ1) is 16.7. The van der Waals surface area contributed by atoms with Gasteiger partial charge < -0.3 is 4.90 Å². The van der Waals surface area contributed by atoms with Gasteiger partial charge in [0.1, 0.15) is 0 Å². The van der Waals surface area contributed by atoms with Gasteiger partial charge in [0.05, 0.1) is 21.9 Å². The Balaban J connectivity index is 1.99. The van der Waals surface area contributed by atoms with Crippen LogP contribution < -0.4 is 10.3 Å². The highest BCUT2D eigenvalue weighted by atomic mass is 35.5. The van der Waals surface area contributed by atoms with Crippen molar-refractivity contribution < 1.29 is 0 Å². The molecule has 2 aromatic rings. The third-order valence-electron chi connectivity index (χ3n) is 3.35. The van der Waals surface area contributed by atoms with E-state index in [1.54, 1.807) is 18.3 Å². The fourth-order valence-electron chi connectivity index (χ4n) is 2.11. The third-order valence-corrected chi connectivity index (χ3v) is 4.09. The van der Waals surface area contributed by atoms with Gasteiger partial charge in [-0.3, -0.25) is 5.43 Å². The van der Waals surface area contributed by atoms with Gasteiger partial charge in [-0.15, -0.1) is 0 Å². The molecule has 0 aromatic heterocycles. The van der Waals surface area contributed by atoms with E-state index < -0.39 is 0 Å². The summed E-state index contributed by atoms with van der Waals surface area (Å²) in [4.78, 5) is 2.30. The topological polar surface area (TPSA) is 27.6 Å². The van der Waals surface area contributed by atoms with Gasteiger partial charge in [0.25, 0.3) is 0 Å². The lowest BCUT2D eigenvalue weighted by molar-refractivity contribution is 0.866. The second kappa shape index (κ2) is 8.06. The minimum absolute atomic E-state index is 0.505. The van der Waals surface area contributed by atoms with E-state index in [-0.39, 0.29) is 0 Å². The zero-order valence-corrected chi connectivity index (χ0v) is 14.2. The molecule has 0 aliphatic carbocycles. The Labute approximate surface area is 141 Å². The number of nitrogens with one attached hydrogen (secondary N) is 1. The van der Waals surface area contributed by atoms with Crippen LogP contribution in [0.1, 0.15) is 19.4 Å². The van der Waals surface area contributed by atoms with Crippen molar-refractivity contribution in [3.05, 3.63) is 58.1 Å². The monoisotopic (exact) mass is 335 g/mol. The molecule has 0 bridgehead atoms. The first-order valence-electron chi connectivity index (χ1n) is 7.23. The van der Waals surface area contributed by atoms with Crippen molar-refractivity contribution in [2.45, 2.75) is 13.8 Å². The van der Waals surface area contributed by atoms with Crippen LogP contribution >= 0.6 is 23.2 Å². The quantitative estimate of drug-likeness (QED) is 0.574. The van der Waals surface area contributed by atoms with Crippen molar-refractivity contribution in [2.24, 2.45) is 5.10 Å². The summed E-state index contributed by atoms with van der Waals surface area (Å²) in [5.74, 6) is 0. The maximum absolute atomic E-state index is 5.96. The van der Waals surface area contributed by atoms with Crippen LogP contribution in [0.2, 0.25) is 10.0 Å². The Morgan fingerprint density at radius 2 is 1.68 bits per heavy atom. The molecule has 22 heavy (non-hydrogen) atoms. The largest absolute Gasteiger partial charge is 0.372 e. The van der Waals surface area contributed by atoms with E-state index in [1.807, 2.05) is 18.2 Å². The average Bonchev–Trinajstić information content (AvgIpc) is 2.53. The van der Waals surface area contributed by atoms with Gasteiger partial charge in [-0.2, -0.15) is 5.10 Å². The molecule has 0 unspecified atom stereocenters. The van der Waals surface area contributed by atoms with Crippen molar-refractivity contribution in [3.63, 3.8) is 0 Å². The van der Waals surface area contributed by atoms with Crippen LogP contribution in [0.15, 0.2) is 47.6 Å². The van der Waals surface area contributed by atoms with E-state index in [0.29, 0.717) is 10.0 Å². The van der Waals surface area contributed by atoms with Gasteiger partial charge in [-0.05, 0) is 49.7 Å².